The summed E-state index contributed by atoms with van der Waals surface area (Å²) in [6, 6.07) is 15.1. The van der Waals surface area contributed by atoms with Gasteiger partial charge in [0.05, 0.1) is 12.7 Å². The van der Waals surface area contributed by atoms with Gasteiger partial charge < -0.3 is 19.9 Å². The van der Waals surface area contributed by atoms with Crippen molar-refractivity contribution < 1.29 is 19.4 Å². The molecule has 2 atom stereocenters. The molecule has 0 spiro atoms. The van der Waals surface area contributed by atoms with Crippen molar-refractivity contribution in [3.8, 4) is 11.5 Å². The molecule has 27 heavy (non-hydrogen) atoms. The van der Waals surface area contributed by atoms with Gasteiger partial charge in [-0.2, -0.15) is 0 Å². The number of benzene rings is 2. The van der Waals surface area contributed by atoms with E-state index in [-0.39, 0.29) is 17.6 Å². The Bertz CT molecular complexity index is 945. The summed E-state index contributed by atoms with van der Waals surface area (Å²) in [5, 5.41) is 13.6. The third kappa shape index (κ3) is 3.16. The lowest BCUT2D eigenvalue weighted by Crippen LogP contribution is -2.58. The highest BCUT2D eigenvalue weighted by Crippen LogP contribution is 2.47. The second-order valence-corrected chi connectivity index (χ2v) is 6.99. The van der Waals surface area contributed by atoms with Gasteiger partial charge in [-0.3, -0.25) is 4.79 Å². The molecule has 5 nitrogen and oxygen atoms in total. The van der Waals surface area contributed by atoms with Gasteiger partial charge in [0.2, 0.25) is 0 Å². The molecule has 2 aromatic rings. The molecule has 2 bridgehead atoms. The first-order valence-corrected chi connectivity index (χ1v) is 8.85. The lowest BCUT2D eigenvalue weighted by atomic mass is 9.78. The Morgan fingerprint density at radius 1 is 1.26 bits per heavy atom. The van der Waals surface area contributed by atoms with Crippen LogP contribution in [0.15, 0.2) is 65.9 Å². The van der Waals surface area contributed by atoms with E-state index in [1.165, 1.54) is 0 Å². The molecule has 138 valence electrons. The fourth-order valence-electron chi connectivity index (χ4n) is 3.72. The van der Waals surface area contributed by atoms with Crippen LogP contribution in [0.4, 0.5) is 0 Å². The molecule has 0 aliphatic carbocycles. The van der Waals surface area contributed by atoms with Crippen molar-refractivity contribution in [2.24, 2.45) is 0 Å². The minimum absolute atomic E-state index is 0.0351. The van der Waals surface area contributed by atoms with Crippen LogP contribution in [0.2, 0.25) is 0 Å². The Morgan fingerprint density at radius 2 is 2.00 bits per heavy atom. The van der Waals surface area contributed by atoms with E-state index >= 15 is 0 Å². The Balaban J connectivity index is 1.70. The molecular formula is C22H21NO4. The van der Waals surface area contributed by atoms with Crippen molar-refractivity contribution in [3.63, 3.8) is 0 Å². The van der Waals surface area contributed by atoms with Crippen LogP contribution in [0, 0.1) is 0 Å². The molecule has 4 rings (SSSR count). The first-order valence-electron chi connectivity index (χ1n) is 8.85. The second-order valence-electron chi connectivity index (χ2n) is 6.99. The van der Waals surface area contributed by atoms with Crippen LogP contribution in [0.5, 0.6) is 11.5 Å². The van der Waals surface area contributed by atoms with Crippen LogP contribution in [0.3, 0.4) is 0 Å². The summed E-state index contributed by atoms with van der Waals surface area (Å²) in [5.41, 5.74) is 1.42. The van der Waals surface area contributed by atoms with E-state index < -0.39 is 5.72 Å². The maximum atomic E-state index is 12.7. The Labute approximate surface area is 157 Å². The van der Waals surface area contributed by atoms with E-state index in [0.29, 0.717) is 12.0 Å². The number of fused-ring (bicyclic) bond motifs is 4. The van der Waals surface area contributed by atoms with Crippen LogP contribution in [-0.2, 0) is 4.79 Å². The van der Waals surface area contributed by atoms with Gasteiger partial charge in [-0.05, 0) is 36.8 Å². The Hall–Kier alpha value is -3.21. The molecule has 2 unspecified atom stereocenters. The molecule has 5 heteroatoms. The molecule has 1 saturated heterocycles. The van der Waals surface area contributed by atoms with E-state index in [9.17, 15) is 9.90 Å². The number of amides is 1. The predicted molar refractivity (Wildman–Crippen MR) is 103 cm³/mol. The molecule has 0 radical (unpaired) electrons. The van der Waals surface area contributed by atoms with Gasteiger partial charge in [-0.1, -0.05) is 36.4 Å². The number of carbonyl (C=O) groups excluding carboxylic acids is 1. The largest absolute Gasteiger partial charge is 0.507 e. The van der Waals surface area contributed by atoms with Crippen molar-refractivity contribution in [3.05, 3.63) is 77.1 Å². The summed E-state index contributed by atoms with van der Waals surface area (Å²) >= 11 is 0. The van der Waals surface area contributed by atoms with Gasteiger partial charge in [-0.25, -0.2) is 0 Å². The van der Waals surface area contributed by atoms with Crippen LogP contribution in [-0.4, -0.2) is 23.8 Å². The summed E-state index contributed by atoms with van der Waals surface area (Å²) in [4.78, 5) is 12.7. The fraction of sp³-hybridized carbons (Fsp3) is 0.227. The van der Waals surface area contributed by atoms with E-state index in [1.807, 2.05) is 55.5 Å². The molecule has 0 aromatic heterocycles. The standard InChI is InChI=1S/C22H21NO4/c1-22-13-17(16-5-3-4-6-19(16)27-22)20(21(25)23-22)18(24)12-9-14-7-10-15(26-2)11-8-14/h3-12,17,24H,13H2,1-2H3,(H,23,25). The van der Waals surface area contributed by atoms with Crippen molar-refractivity contribution >= 4 is 12.0 Å². The van der Waals surface area contributed by atoms with Crippen LogP contribution >= 0.6 is 0 Å². The summed E-state index contributed by atoms with van der Waals surface area (Å²) in [6.07, 6.45) is 3.91. The number of nitrogens with one attached hydrogen (secondary N) is 1. The third-order valence-corrected chi connectivity index (χ3v) is 5.02. The van der Waals surface area contributed by atoms with E-state index in [4.69, 9.17) is 9.47 Å². The number of rotatable bonds is 3. The maximum Gasteiger partial charge on any atom is 0.254 e. The quantitative estimate of drug-likeness (QED) is 0.640. The summed E-state index contributed by atoms with van der Waals surface area (Å²) in [5.74, 6) is 0.946. The highest BCUT2D eigenvalue weighted by atomic mass is 16.5. The number of aliphatic hydroxyl groups excluding tert-OH is 1. The number of methoxy groups -OCH3 is 1. The van der Waals surface area contributed by atoms with Gasteiger partial charge in [0.25, 0.3) is 5.91 Å². The lowest BCUT2D eigenvalue weighted by molar-refractivity contribution is -0.127. The van der Waals surface area contributed by atoms with E-state index in [0.717, 1.165) is 22.6 Å². The first-order chi connectivity index (χ1) is 13.0. The van der Waals surface area contributed by atoms with Gasteiger partial charge >= 0.3 is 0 Å². The lowest BCUT2D eigenvalue weighted by Gasteiger charge is -2.45. The number of allylic oxidation sites excluding steroid dienone is 1. The normalized spacial score (nSPS) is 25.4. The number of ether oxygens (including phenoxy) is 2. The smallest absolute Gasteiger partial charge is 0.254 e. The van der Waals surface area contributed by atoms with Gasteiger partial charge in [0.1, 0.15) is 17.3 Å². The molecular weight excluding hydrogens is 342 g/mol. The average molecular weight is 363 g/mol. The Kier molecular flexibility index (Phi) is 4.15. The van der Waals surface area contributed by atoms with Crippen LogP contribution < -0.4 is 14.8 Å². The zero-order valence-electron chi connectivity index (χ0n) is 15.2. The second kappa shape index (κ2) is 6.50. The highest BCUT2D eigenvalue weighted by Gasteiger charge is 2.47. The van der Waals surface area contributed by atoms with Crippen molar-refractivity contribution in [2.75, 3.05) is 7.11 Å². The van der Waals surface area contributed by atoms with Crippen LogP contribution in [0.25, 0.3) is 6.08 Å². The number of para-hydroxylation sites is 1. The first kappa shape index (κ1) is 17.2. The fourth-order valence-corrected chi connectivity index (χ4v) is 3.72. The minimum Gasteiger partial charge on any atom is -0.507 e. The average Bonchev–Trinajstić information content (AvgIpc) is 2.66. The van der Waals surface area contributed by atoms with Gasteiger partial charge in [0.15, 0.2) is 5.72 Å². The molecule has 2 heterocycles. The third-order valence-electron chi connectivity index (χ3n) is 5.02. The molecule has 2 N–H and O–H groups in total. The number of piperidine rings is 1. The van der Waals surface area contributed by atoms with E-state index in [2.05, 4.69) is 5.32 Å². The number of carbonyl (C=O) groups is 1. The van der Waals surface area contributed by atoms with Crippen molar-refractivity contribution in [1.29, 1.82) is 0 Å². The molecule has 0 saturated carbocycles. The summed E-state index contributed by atoms with van der Waals surface area (Å²) in [7, 11) is 1.61. The SMILES string of the molecule is COc1ccc(C=CC(O)=C2C(=O)NC3(C)CC2c2ccccc2O3)cc1. The number of hydrogen-bond acceptors (Lipinski definition) is 4. The maximum absolute atomic E-state index is 12.7. The zero-order chi connectivity index (χ0) is 19.0. The number of aliphatic hydroxyl groups is 1. The molecule has 2 aliphatic heterocycles. The minimum atomic E-state index is -0.764. The zero-order valence-corrected chi connectivity index (χ0v) is 15.2. The van der Waals surface area contributed by atoms with E-state index in [1.54, 1.807) is 19.3 Å². The molecule has 2 aliphatic rings. The highest BCUT2D eigenvalue weighted by molar-refractivity contribution is 5.98. The molecule has 1 fully saturated rings. The Morgan fingerprint density at radius 3 is 2.74 bits per heavy atom. The molecule has 2 aromatic carbocycles. The number of hydrogen-bond donors (Lipinski definition) is 2. The molecule has 1 amide bonds. The summed E-state index contributed by atoms with van der Waals surface area (Å²) in [6.45, 7) is 1.86. The van der Waals surface area contributed by atoms with Gasteiger partial charge in [0, 0.05) is 17.9 Å². The van der Waals surface area contributed by atoms with Crippen molar-refractivity contribution in [1.82, 2.24) is 5.32 Å². The summed E-state index contributed by atoms with van der Waals surface area (Å²) < 4.78 is 11.1. The van der Waals surface area contributed by atoms with Crippen LogP contribution in [0.1, 0.15) is 30.4 Å². The topological polar surface area (TPSA) is 67.8 Å². The van der Waals surface area contributed by atoms with Crippen molar-refractivity contribution in [2.45, 2.75) is 25.0 Å². The monoisotopic (exact) mass is 363 g/mol. The van der Waals surface area contributed by atoms with Gasteiger partial charge in [-0.15, -0.1) is 0 Å². The predicted octanol–water partition coefficient (Wildman–Crippen LogP) is 3.93.